The molecule has 0 aromatic rings. The quantitative estimate of drug-likeness (QED) is 0.223. The Labute approximate surface area is 204 Å². The lowest BCUT2D eigenvalue weighted by Crippen LogP contribution is -2.54. The Morgan fingerprint density at radius 1 is 0.618 bits per heavy atom. The molecule has 0 bridgehead atoms. The number of hydroxylamine groups is 9. The summed E-state index contributed by atoms with van der Waals surface area (Å²) < 4.78 is 1.78. The van der Waals surface area contributed by atoms with Gasteiger partial charge in [-0.15, -0.1) is 0 Å². The Bertz CT molecular complexity index is 511. The fourth-order valence-corrected chi connectivity index (χ4v) is 1.85. The third-order valence-electron chi connectivity index (χ3n) is 2.80. The van der Waals surface area contributed by atoms with Crippen molar-refractivity contribution >= 4 is 17.9 Å². The van der Waals surface area contributed by atoms with Crippen LogP contribution in [-0.2, 0) is 28.9 Å². The second-order valence-corrected chi connectivity index (χ2v) is 9.34. The van der Waals surface area contributed by atoms with Gasteiger partial charge in [-0.1, -0.05) is 0 Å². The smallest absolute Gasteiger partial charge is 0.114 e. The number of carbonyl (C=O) groups excluding carboxylic acids is 3. The largest absolute Gasteiger partial charge is 0.550 e. The zero-order valence-corrected chi connectivity index (χ0v) is 23.0. The predicted molar refractivity (Wildman–Crippen MR) is 118 cm³/mol. The van der Waals surface area contributed by atoms with Gasteiger partial charge in [0.15, 0.2) is 0 Å². The van der Waals surface area contributed by atoms with Crippen LogP contribution in [0.15, 0.2) is 0 Å². The number of hydrogen-bond acceptors (Lipinski definition) is 10. The molecule has 0 saturated carbocycles. The summed E-state index contributed by atoms with van der Waals surface area (Å²) in [6, 6.07) is 0. The molecule has 0 amide bonds. The zero-order chi connectivity index (χ0) is 28.4. The predicted octanol–water partition coefficient (Wildman–Crippen LogP) is -3.32. The molecule has 0 aromatic heterocycles. The minimum absolute atomic E-state index is 0.594. The van der Waals surface area contributed by atoms with Crippen molar-refractivity contribution in [2.45, 2.75) is 39.2 Å². The van der Waals surface area contributed by atoms with Crippen molar-refractivity contribution in [2.24, 2.45) is 0 Å². The molecular formula is C21H47N3O10. The van der Waals surface area contributed by atoms with Gasteiger partial charge in [-0.3, -0.25) is 0 Å². The maximum Gasteiger partial charge on any atom is 0.114 e. The van der Waals surface area contributed by atoms with Crippen LogP contribution in [0.4, 0.5) is 0 Å². The molecule has 1 N–H and O–H groups in total. The van der Waals surface area contributed by atoms with Gasteiger partial charge >= 0.3 is 0 Å². The lowest BCUT2D eigenvalue weighted by Gasteiger charge is -2.29. The molecule has 0 atom stereocenters. The van der Waals surface area contributed by atoms with Gasteiger partial charge in [0.1, 0.15) is 25.4 Å². The van der Waals surface area contributed by atoms with E-state index < -0.39 is 36.4 Å². The van der Waals surface area contributed by atoms with E-state index in [-0.39, 0.29) is 0 Å². The molecule has 0 radical (unpaired) electrons. The molecule has 0 aliphatic rings. The fourth-order valence-electron chi connectivity index (χ4n) is 1.85. The number of aliphatic carboxylic acids is 3. The molecule has 0 unspecified atom stereocenters. The average Bonchev–Trinajstić information content (AvgIpc) is 2.51. The van der Waals surface area contributed by atoms with Crippen molar-refractivity contribution in [1.29, 1.82) is 0 Å². The number of quaternary nitrogens is 3. The van der Waals surface area contributed by atoms with E-state index in [2.05, 4.69) is 0 Å². The van der Waals surface area contributed by atoms with E-state index in [0.29, 0.717) is 13.9 Å². The molecule has 0 aliphatic carbocycles. The van der Waals surface area contributed by atoms with E-state index in [9.17, 15) is 29.7 Å². The highest BCUT2D eigenvalue weighted by Crippen LogP contribution is 2.13. The van der Waals surface area contributed by atoms with Crippen LogP contribution in [0.2, 0.25) is 0 Å². The number of hydrogen-bond donors (Lipinski definition) is 1. The van der Waals surface area contributed by atoms with E-state index >= 15 is 0 Å². The maximum absolute atomic E-state index is 10.1. The first kappa shape index (κ1) is 39.3. The minimum atomic E-state index is -2.97. The van der Waals surface area contributed by atoms with Gasteiger partial charge in [0.2, 0.25) is 0 Å². The van der Waals surface area contributed by atoms with E-state index in [1.807, 2.05) is 84.2 Å². The number of aliphatic hydroxyl groups is 1. The second kappa shape index (κ2) is 18.5. The highest BCUT2D eigenvalue weighted by Gasteiger charge is 2.29. The average molecular weight is 502 g/mol. The number of carboxylic acid groups (broad SMARTS) is 3. The van der Waals surface area contributed by atoms with E-state index in [4.69, 9.17) is 19.6 Å². The monoisotopic (exact) mass is 501 g/mol. The summed E-state index contributed by atoms with van der Waals surface area (Å²) in [5, 5.41) is 38.9. The number of nitrogens with zero attached hydrogens (tertiary/aromatic N) is 3. The first-order chi connectivity index (χ1) is 15.0. The molecular weight excluding hydrogens is 454 g/mol. The van der Waals surface area contributed by atoms with Crippen LogP contribution in [0.3, 0.4) is 0 Å². The third kappa shape index (κ3) is 37.4. The lowest BCUT2D eigenvalue weighted by atomic mass is 9.96. The summed E-state index contributed by atoms with van der Waals surface area (Å²) in [7, 11) is 17.9. The van der Waals surface area contributed by atoms with Crippen LogP contribution in [0, 0.1) is 0 Å². The van der Waals surface area contributed by atoms with Gasteiger partial charge in [0.05, 0.1) is 69.4 Å². The molecule has 0 rings (SSSR count). The van der Waals surface area contributed by atoms with Gasteiger partial charge in [0.25, 0.3) is 0 Å². The summed E-state index contributed by atoms with van der Waals surface area (Å²) in [5.74, 6) is -5.98. The normalized spacial score (nSPS) is 11.6. The number of rotatable bonds is 11. The summed E-state index contributed by atoms with van der Waals surface area (Å²) in [6.45, 7) is 8.31. The highest BCUT2D eigenvalue weighted by molar-refractivity contribution is 5.86. The molecule has 0 saturated heterocycles. The van der Waals surface area contributed by atoms with E-state index in [1.54, 1.807) is 0 Å². The Hall–Kier alpha value is -1.87. The Kier molecular flexibility index (Phi) is 21.4. The van der Waals surface area contributed by atoms with Gasteiger partial charge in [0, 0.05) is 24.8 Å². The molecule has 0 aromatic carbocycles. The standard InChI is InChI=1S/C6H8O7.3C5H14NO/c7-3(8)1-6(13,5(11)12)2-4(9)10;3*1-5-7-6(2,3)4/h13H,1-2H2,(H,7,8)(H,9,10)(H,11,12);3*5H2,1-4H3/q;3*+1/p-3. The first-order valence-corrected chi connectivity index (χ1v) is 10.7. The van der Waals surface area contributed by atoms with E-state index in [0.717, 1.165) is 19.8 Å². The Morgan fingerprint density at radius 2 is 0.824 bits per heavy atom. The molecule has 13 heteroatoms. The fraction of sp³-hybridized carbons (Fsp3) is 0.857. The van der Waals surface area contributed by atoms with Gasteiger partial charge in [-0.25, -0.2) is 14.5 Å². The van der Waals surface area contributed by atoms with Crippen LogP contribution in [-0.4, -0.2) is 126 Å². The molecule has 34 heavy (non-hydrogen) atoms. The van der Waals surface area contributed by atoms with Crippen LogP contribution >= 0.6 is 0 Å². The number of carboxylic acids is 3. The summed E-state index contributed by atoms with van der Waals surface area (Å²) >= 11 is 0. The Morgan fingerprint density at radius 3 is 0.882 bits per heavy atom. The SMILES string of the molecule is CCO[N+](C)(C)C.CCO[N+](C)(C)C.CCO[N+](C)(C)C.O=C([O-])CC(O)(CC(=O)[O-])C(=O)[O-]. The van der Waals surface area contributed by atoms with Crippen molar-refractivity contribution in [3.05, 3.63) is 0 Å². The lowest BCUT2D eigenvalue weighted by molar-refractivity contribution is -1.06. The highest BCUT2D eigenvalue weighted by atomic mass is 16.7. The van der Waals surface area contributed by atoms with Crippen LogP contribution in [0.1, 0.15) is 33.6 Å². The van der Waals surface area contributed by atoms with Crippen molar-refractivity contribution in [1.82, 2.24) is 0 Å². The van der Waals surface area contributed by atoms with Crippen molar-refractivity contribution in [3.8, 4) is 0 Å². The zero-order valence-electron chi connectivity index (χ0n) is 23.0. The molecule has 13 nitrogen and oxygen atoms in total. The van der Waals surface area contributed by atoms with Crippen LogP contribution in [0.5, 0.6) is 0 Å². The molecule has 0 heterocycles. The second-order valence-electron chi connectivity index (χ2n) is 9.34. The van der Waals surface area contributed by atoms with Gasteiger partial charge in [-0.05, 0) is 20.8 Å². The van der Waals surface area contributed by atoms with Crippen molar-refractivity contribution in [3.63, 3.8) is 0 Å². The summed E-state index contributed by atoms with van der Waals surface area (Å²) in [6.07, 6.45) is -2.72. The van der Waals surface area contributed by atoms with Gasteiger partial charge in [-0.2, -0.15) is 13.9 Å². The molecule has 206 valence electrons. The van der Waals surface area contributed by atoms with Crippen LogP contribution in [0.25, 0.3) is 0 Å². The van der Waals surface area contributed by atoms with Crippen molar-refractivity contribution in [2.75, 3.05) is 83.2 Å². The number of carbonyl (C=O) groups is 3. The van der Waals surface area contributed by atoms with Gasteiger partial charge < -0.3 is 34.8 Å². The first-order valence-electron chi connectivity index (χ1n) is 10.7. The van der Waals surface area contributed by atoms with Crippen LogP contribution < -0.4 is 15.3 Å². The van der Waals surface area contributed by atoms with Crippen molar-refractivity contribution < 1.29 is 63.3 Å². The topological polar surface area (TPSA) is 168 Å². The third-order valence-corrected chi connectivity index (χ3v) is 2.80. The maximum atomic E-state index is 10.1. The molecule has 0 spiro atoms. The molecule has 0 aliphatic heterocycles. The minimum Gasteiger partial charge on any atom is -0.550 e. The Balaban J connectivity index is -0.000000186. The summed E-state index contributed by atoms with van der Waals surface area (Å²) in [5.41, 5.74) is -2.97. The summed E-state index contributed by atoms with van der Waals surface area (Å²) in [4.78, 5) is 45.5. The van der Waals surface area contributed by atoms with E-state index in [1.165, 1.54) is 0 Å². The molecule has 0 fully saturated rings.